The van der Waals surface area contributed by atoms with Crippen molar-refractivity contribution in [2.24, 2.45) is 0 Å². The van der Waals surface area contributed by atoms with Crippen LogP contribution in [-0.2, 0) is 27.1 Å². The van der Waals surface area contributed by atoms with Gasteiger partial charge in [0.2, 0.25) is 0 Å². The van der Waals surface area contributed by atoms with Gasteiger partial charge < -0.3 is 24.6 Å². The molecule has 0 saturated carbocycles. The zero-order valence-corrected chi connectivity index (χ0v) is 23.7. The van der Waals surface area contributed by atoms with E-state index in [0.717, 1.165) is 86.2 Å². The summed E-state index contributed by atoms with van der Waals surface area (Å²) >= 11 is 0. The summed E-state index contributed by atoms with van der Waals surface area (Å²) in [6.45, 7) is 4.52. The van der Waals surface area contributed by atoms with Crippen molar-refractivity contribution in [3.05, 3.63) is 52.5 Å². The van der Waals surface area contributed by atoms with Gasteiger partial charge in [0, 0.05) is 49.7 Å². The maximum atomic E-state index is 14.3. The highest BCUT2D eigenvalue weighted by Crippen LogP contribution is 2.37. The number of carboxylic acids is 1. The van der Waals surface area contributed by atoms with E-state index in [4.69, 9.17) is 19.2 Å². The number of hydrogen-bond donors (Lipinski definition) is 2. The van der Waals surface area contributed by atoms with Crippen LogP contribution >= 0.6 is 0 Å². The van der Waals surface area contributed by atoms with E-state index in [2.05, 4.69) is 18.3 Å². The Hall–Kier alpha value is -2.75. The van der Waals surface area contributed by atoms with Crippen LogP contribution in [0.15, 0.2) is 24.3 Å². The topological polar surface area (TPSA) is 93.2 Å². The third-order valence-electron chi connectivity index (χ3n) is 8.39. The Labute approximate surface area is 236 Å². The molecule has 218 valence electrons. The Morgan fingerprint density at radius 2 is 2.12 bits per heavy atom. The molecule has 2 saturated heterocycles. The van der Waals surface area contributed by atoms with Crippen molar-refractivity contribution in [3.8, 4) is 5.75 Å². The molecule has 3 aliphatic heterocycles. The number of benzene rings is 1. The van der Waals surface area contributed by atoms with Crippen LogP contribution in [0.5, 0.6) is 5.75 Å². The Kier molecular flexibility index (Phi) is 9.55. The Morgan fingerprint density at radius 1 is 1.25 bits per heavy atom. The fourth-order valence-corrected chi connectivity index (χ4v) is 6.27. The summed E-state index contributed by atoms with van der Waals surface area (Å²) in [7, 11) is 1.71. The van der Waals surface area contributed by atoms with E-state index in [1.807, 2.05) is 4.90 Å². The quantitative estimate of drug-likeness (QED) is 0.353. The Balaban J connectivity index is 1.14. The number of likely N-dealkylation sites (tertiary alicyclic amines) is 1. The van der Waals surface area contributed by atoms with Crippen molar-refractivity contribution in [3.63, 3.8) is 0 Å². The molecular weight excluding hydrogens is 513 g/mol. The van der Waals surface area contributed by atoms with E-state index in [1.54, 1.807) is 13.2 Å². The summed E-state index contributed by atoms with van der Waals surface area (Å²) in [5.74, 6) is 0.454. The molecule has 4 atom stereocenters. The van der Waals surface area contributed by atoms with E-state index in [9.17, 15) is 14.3 Å². The van der Waals surface area contributed by atoms with Gasteiger partial charge in [0.25, 0.3) is 0 Å². The summed E-state index contributed by atoms with van der Waals surface area (Å²) in [6, 6.07) is 6.01. The number of nitrogens with zero attached hydrogens (tertiary/aromatic N) is 2. The summed E-state index contributed by atoms with van der Waals surface area (Å²) < 4.78 is 32.0. The second-order valence-electron chi connectivity index (χ2n) is 11.3. The minimum atomic E-state index is -0.972. The molecule has 1 aromatic carbocycles. The number of nitrogens with one attached hydrogen (secondary N) is 1. The second kappa shape index (κ2) is 13.3. The largest absolute Gasteiger partial charge is 0.496 e. The number of ether oxygens (including phenoxy) is 3. The van der Waals surface area contributed by atoms with Crippen LogP contribution < -0.4 is 10.1 Å². The van der Waals surface area contributed by atoms with E-state index < -0.39 is 17.8 Å². The second-order valence-corrected chi connectivity index (χ2v) is 11.3. The van der Waals surface area contributed by atoms with E-state index in [0.29, 0.717) is 37.9 Å². The average Bonchev–Trinajstić information content (AvgIpc) is 3.40. The maximum absolute atomic E-state index is 14.3. The number of rotatable bonds is 11. The first-order valence-corrected chi connectivity index (χ1v) is 14.8. The first-order valence-electron chi connectivity index (χ1n) is 14.8. The average molecular weight is 556 g/mol. The van der Waals surface area contributed by atoms with Crippen molar-refractivity contribution in [2.45, 2.75) is 89.0 Å². The standard InChI is InChI=1S/C31H42FN3O5/c1-20-9-11-25-28(38-2)18-22(34-30(25)33-20)7-3-5-15-39-23-13-14-35(19-23)29(31(36)37)26-17-21(32)10-12-24(26)27-8-4-6-16-40-27/h10,12,17-18,20,23,27,29H,3-9,11,13-16,19H2,1-2H3,(H,33,34)(H,36,37)/t20-,23-,27+,29-/m1/s1. The number of methoxy groups -OCH3 is 1. The normalized spacial score (nSPS) is 23.8. The van der Waals surface area contributed by atoms with Gasteiger partial charge in [-0.25, -0.2) is 9.37 Å². The van der Waals surface area contributed by atoms with Crippen molar-refractivity contribution < 1.29 is 28.5 Å². The molecule has 0 amide bonds. The molecule has 8 nitrogen and oxygen atoms in total. The van der Waals surface area contributed by atoms with Crippen molar-refractivity contribution in [2.75, 3.05) is 38.7 Å². The van der Waals surface area contributed by atoms with Gasteiger partial charge in [-0.1, -0.05) is 6.07 Å². The maximum Gasteiger partial charge on any atom is 0.325 e. The minimum absolute atomic E-state index is 0.0440. The highest BCUT2D eigenvalue weighted by atomic mass is 19.1. The fourth-order valence-electron chi connectivity index (χ4n) is 6.27. The van der Waals surface area contributed by atoms with Crippen LogP contribution in [0.2, 0.25) is 0 Å². The van der Waals surface area contributed by atoms with Gasteiger partial charge in [-0.3, -0.25) is 9.69 Å². The lowest BCUT2D eigenvalue weighted by molar-refractivity contribution is -0.143. The molecule has 1 aromatic heterocycles. The minimum Gasteiger partial charge on any atom is -0.496 e. The molecule has 0 aliphatic carbocycles. The zero-order valence-electron chi connectivity index (χ0n) is 23.7. The molecule has 0 unspecified atom stereocenters. The molecule has 3 aliphatic rings. The highest BCUT2D eigenvalue weighted by molar-refractivity contribution is 5.76. The lowest BCUT2D eigenvalue weighted by atomic mass is 9.92. The summed E-state index contributed by atoms with van der Waals surface area (Å²) in [4.78, 5) is 19.2. The van der Waals surface area contributed by atoms with Gasteiger partial charge in [0.05, 0.1) is 19.3 Å². The van der Waals surface area contributed by atoms with Crippen LogP contribution in [0.3, 0.4) is 0 Å². The van der Waals surface area contributed by atoms with Gasteiger partial charge in [-0.15, -0.1) is 0 Å². The molecule has 9 heteroatoms. The number of aliphatic carboxylic acids is 1. The SMILES string of the molecule is COc1cc(CCCCO[C@@H]2CCN([C@@H](C(=O)O)c3cc(F)ccc3[C@@H]3CCCCO3)C2)nc2c1CC[C@@H](C)N2. The van der Waals surface area contributed by atoms with E-state index in [1.165, 1.54) is 12.1 Å². The van der Waals surface area contributed by atoms with Crippen molar-refractivity contribution in [1.29, 1.82) is 0 Å². The van der Waals surface area contributed by atoms with Crippen LogP contribution in [0, 0.1) is 5.82 Å². The smallest absolute Gasteiger partial charge is 0.325 e. The first-order chi connectivity index (χ1) is 19.4. The molecule has 5 rings (SSSR count). The number of fused-ring (bicyclic) bond motifs is 1. The van der Waals surface area contributed by atoms with Crippen LogP contribution in [-0.4, -0.2) is 66.5 Å². The van der Waals surface area contributed by atoms with Gasteiger partial charge >= 0.3 is 5.97 Å². The number of unbranched alkanes of at least 4 members (excludes halogenated alkanes) is 1. The molecular formula is C31H42FN3O5. The number of pyridine rings is 1. The van der Waals surface area contributed by atoms with Crippen LogP contribution in [0.4, 0.5) is 10.2 Å². The van der Waals surface area contributed by atoms with E-state index in [-0.39, 0.29) is 12.2 Å². The molecule has 40 heavy (non-hydrogen) atoms. The van der Waals surface area contributed by atoms with Crippen molar-refractivity contribution in [1.82, 2.24) is 9.88 Å². The molecule has 0 bridgehead atoms. The third kappa shape index (κ3) is 6.75. The monoisotopic (exact) mass is 555 g/mol. The molecule has 2 N–H and O–H groups in total. The van der Waals surface area contributed by atoms with E-state index >= 15 is 0 Å². The molecule has 0 spiro atoms. The predicted molar refractivity (Wildman–Crippen MR) is 150 cm³/mol. The molecule has 4 heterocycles. The summed E-state index contributed by atoms with van der Waals surface area (Å²) in [6.07, 6.45) is 8.07. The lowest BCUT2D eigenvalue weighted by Gasteiger charge is -2.30. The van der Waals surface area contributed by atoms with Gasteiger partial charge in [0.1, 0.15) is 23.4 Å². The fraction of sp³-hybridized carbons (Fsp3) is 0.613. The van der Waals surface area contributed by atoms with Crippen molar-refractivity contribution >= 4 is 11.8 Å². The zero-order chi connectivity index (χ0) is 28.1. The molecule has 2 fully saturated rings. The number of carboxylic acid groups (broad SMARTS) is 1. The van der Waals surface area contributed by atoms with Crippen LogP contribution in [0.25, 0.3) is 0 Å². The number of carbonyl (C=O) groups is 1. The number of aromatic nitrogens is 1. The molecule has 0 radical (unpaired) electrons. The number of hydrogen-bond acceptors (Lipinski definition) is 7. The predicted octanol–water partition coefficient (Wildman–Crippen LogP) is 5.46. The first kappa shape index (κ1) is 28.8. The Morgan fingerprint density at radius 3 is 2.90 bits per heavy atom. The van der Waals surface area contributed by atoms with Gasteiger partial charge in [0.15, 0.2) is 0 Å². The van der Waals surface area contributed by atoms with Gasteiger partial charge in [-0.2, -0.15) is 0 Å². The Bertz CT molecular complexity index is 1170. The number of aryl methyl sites for hydroxylation is 1. The number of halogens is 1. The van der Waals surface area contributed by atoms with Gasteiger partial charge in [-0.05, 0) is 88.0 Å². The molecule has 2 aromatic rings. The van der Waals surface area contributed by atoms with Crippen LogP contribution in [0.1, 0.15) is 86.4 Å². The summed E-state index contributed by atoms with van der Waals surface area (Å²) in [5.41, 5.74) is 3.46. The number of anilines is 1. The third-order valence-corrected chi connectivity index (χ3v) is 8.39. The highest BCUT2D eigenvalue weighted by Gasteiger charge is 2.36. The summed E-state index contributed by atoms with van der Waals surface area (Å²) in [5, 5.41) is 13.7. The lowest BCUT2D eigenvalue weighted by Crippen LogP contribution is -2.34.